The van der Waals surface area contributed by atoms with Gasteiger partial charge in [-0.15, -0.1) is 0 Å². The fourth-order valence-electron chi connectivity index (χ4n) is 3.27. The number of piperazine rings is 1. The van der Waals surface area contributed by atoms with Crippen molar-refractivity contribution in [3.8, 4) is 5.75 Å². The lowest BCUT2D eigenvalue weighted by Crippen LogP contribution is -2.51. The van der Waals surface area contributed by atoms with Crippen molar-refractivity contribution in [3.05, 3.63) is 59.7 Å². The van der Waals surface area contributed by atoms with E-state index in [1.807, 2.05) is 43.0 Å². The Bertz CT molecular complexity index is 750. The quantitative estimate of drug-likeness (QED) is 0.874. The van der Waals surface area contributed by atoms with Gasteiger partial charge in [0.05, 0.1) is 6.10 Å². The topological polar surface area (TPSA) is 44.8 Å². The van der Waals surface area contributed by atoms with E-state index in [0.29, 0.717) is 6.54 Å². The second-order valence-corrected chi connectivity index (χ2v) is 7.22. The minimum absolute atomic E-state index is 0.0126. The number of benzene rings is 2. The van der Waals surface area contributed by atoms with E-state index in [9.17, 15) is 4.79 Å². The van der Waals surface area contributed by atoms with Gasteiger partial charge in [-0.2, -0.15) is 0 Å². The summed E-state index contributed by atoms with van der Waals surface area (Å²) in [7, 11) is 0. The van der Waals surface area contributed by atoms with Crippen molar-refractivity contribution in [1.29, 1.82) is 0 Å². The predicted molar refractivity (Wildman–Crippen MR) is 109 cm³/mol. The number of nitrogens with zero attached hydrogens (tertiary/aromatic N) is 2. The van der Waals surface area contributed by atoms with E-state index in [4.69, 9.17) is 4.74 Å². The summed E-state index contributed by atoms with van der Waals surface area (Å²) in [6.45, 7) is 9.81. The highest BCUT2D eigenvalue weighted by molar-refractivity contribution is 5.74. The third-order valence-corrected chi connectivity index (χ3v) is 4.83. The van der Waals surface area contributed by atoms with E-state index >= 15 is 0 Å². The first-order valence-corrected chi connectivity index (χ1v) is 9.62. The Morgan fingerprint density at radius 3 is 2.33 bits per heavy atom. The van der Waals surface area contributed by atoms with Gasteiger partial charge in [0.25, 0.3) is 0 Å². The number of hydrogen-bond acceptors (Lipinski definition) is 3. The molecule has 144 valence electrons. The zero-order valence-corrected chi connectivity index (χ0v) is 16.4. The molecule has 0 spiro atoms. The molecular weight excluding hydrogens is 338 g/mol. The van der Waals surface area contributed by atoms with Gasteiger partial charge in [-0.1, -0.05) is 24.3 Å². The highest BCUT2D eigenvalue weighted by Gasteiger charge is 2.21. The van der Waals surface area contributed by atoms with Crippen LogP contribution in [0.3, 0.4) is 0 Å². The molecule has 1 aliphatic heterocycles. The van der Waals surface area contributed by atoms with Gasteiger partial charge in [0.15, 0.2) is 0 Å². The zero-order chi connectivity index (χ0) is 19.2. The van der Waals surface area contributed by atoms with Gasteiger partial charge in [-0.25, -0.2) is 4.79 Å². The molecular formula is C22H29N3O2. The van der Waals surface area contributed by atoms with Crippen LogP contribution in [0.5, 0.6) is 5.75 Å². The maximum atomic E-state index is 12.5. The van der Waals surface area contributed by atoms with Crippen molar-refractivity contribution < 1.29 is 9.53 Å². The molecule has 0 aliphatic carbocycles. The largest absolute Gasteiger partial charge is 0.491 e. The van der Waals surface area contributed by atoms with Crippen molar-refractivity contribution in [2.75, 3.05) is 31.1 Å². The van der Waals surface area contributed by atoms with Crippen LogP contribution in [0.2, 0.25) is 0 Å². The summed E-state index contributed by atoms with van der Waals surface area (Å²) in [5, 5.41) is 3.04. The molecule has 1 aliphatic rings. The Balaban J connectivity index is 1.48. The molecule has 1 fully saturated rings. The molecule has 1 heterocycles. The first-order valence-electron chi connectivity index (χ1n) is 9.62. The van der Waals surface area contributed by atoms with Crippen LogP contribution in [0.1, 0.15) is 25.0 Å². The summed E-state index contributed by atoms with van der Waals surface area (Å²) in [5.41, 5.74) is 3.53. The summed E-state index contributed by atoms with van der Waals surface area (Å²) in [4.78, 5) is 16.7. The van der Waals surface area contributed by atoms with Crippen LogP contribution in [0.25, 0.3) is 0 Å². The van der Waals surface area contributed by atoms with Crippen molar-refractivity contribution in [2.24, 2.45) is 0 Å². The lowest BCUT2D eigenvalue weighted by atomic mass is 10.1. The first-order chi connectivity index (χ1) is 13.0. The van der Waals surface area contributed by atoms with Gasteiger partial charge in [0.2, 0.25) is 0 Å². The smallest absolute Gasteiger partial charge is 0.317 e. The number of ether oxygens (including phenoxy) is 1. The van der Waals surface area contributed by atoms with E-state index in [-0.39, 0.29) is 12.1 Å². The molecule has 2 aromatic carbocycles. The highest BCUT2D eigenvalue weighted by atomic mass is 16.5. The van der Waals surface area contributed by atoms with E-state index in [1.165, 1.54) is 11.3 Å². The summed E-state index contributed by atoms with van der Waals surface area (Å²) >= 11 is 0. The molecule has 0 unspecified atom stereocenters. The molecule has 2 amide bonds. The van der Waals surface area contributed by atoms with Crippen LogP contribution >= 0.6 is 0 Å². The van der Waals surface area contributed by atoms with E-state index < -0.39 is 0 Å². The first kappa shape index (κ1) is 19.1. The number of nitrogens with one attached hydrogen (secondary N) is 1. The predicted octanol–water partition coefficient (Wildman–Crippen LogP) is 3.81. The molecule has 1 saturated heterocycles. The Morgan fingerprint density at radius 2 is 1.70 bits per heavy atom. The van der Waals surface area contributed by atoms with Gasteiger partial charge < -0.3 is 19.9 Å². The highest BCUT2D eigenvalue weighted by Crippen LogP contribution is 2.21. The van der Waals surface area contributed by atoms with Crippen LogP contribution < -0.4 is 15.0 Å². The maximum Gasteiger partial charge on any atom is 0.317 e. The summed E-state index contributed by atoms with van der Waals surface area (Å²) in [6.07, 6.45) is 0.178. The van der Waals surface area contributed by atoms with Crippen LogP contribution in [0.15, 0.2) is 48.5 Å². The van der Waals surface area contributed by atoms with Crippen LogP contribution in [-0.2, 0) is 6.54 Å². The number of aryl methyl sites for hydroxylation is 1. The molecule has 5 heteroatoms. The number of carbonyl (C=O) groups excluding carboxylic acids is 1. The average Bonchev–Trinajstić information content (AvgIpc) is 2.67. The van der Waals surface area contributed by atoms with Crippen molar-refractivity contribution in [3.63, 3.8) is 0 Å². The van der Waals surface area contributed by atoms with E-state index in [1.54, 1.807) is 0 Å². The fourth-order valence-corrected chi connectivity index (χ4v) is 3.27. The van der Waals surface area contributed by atoms with Gasteiger partial charge in [0.1, 0.15) is 5.75 Å². The van der Waals surface area contributed by atoms with E-state index in [2.05, 4.69) is 41.4 Å². The van der Waals surface area contributed by atoms with Crippen molar-refractivity contribution >= 4 is 11.7 Å². The van der Waals surface area contributed by atoms with Crippen LogP contribution in [0.4, 0.5) is 10.5 Å². The molecule has 0 bridgehead atoms. The number of anilines is 1. The third kappa shape index (κ3) is 5.16. The molecule has 5 nitrogen and oxygen atoms in total. The lowest BCUT2D eigenvalue weighted by Gasteiger charge is -2.36. The molecule has 1 N–H and O–H groups in total. The van der Waals surface area contributed by atoms with Crippen LogP contribution in [-0.4, -0.2) is 43.2 Å². The molecule has 27 heavy (non-hydrogen) atoms. The monoisotopic (exact) mass is 367 g/mol. The normalized spacial score (nSPS) is 14.4. The summed E-state index contributed by atoms with van der Waals surface area (Å²) in [5.74, 6) is 0.892. The molecule has 0 saturated carbocycles. The lowest BCUT2D eigenvalue weighted by molar-refractivity contribution is 0.194. The average molecular weight is 367 g/mol. The Hall–Kier alpha value is -2.69. The number of amides is 2. The summed E-state index contributed by atoms with van der Waals surface area (Å²) < 4.78 is 5.70. The minimum atomic E-state index is 0.0126. The molecule has 0 atom stereocenters. The van der Waals surface area contributed by atoms with Gasteiger partial charge in [-0.3, -0.25) is 0 Å². The van der Waals surface area contributed by atoms with Crippen molar-refractivity contribution in [1.82, 2.24) is 10.2 Å². The SMILES string of the molecule is Cc1ccccc1CNC(=O)N1CCN(c2ccc(OC(C)C)cc2)CC1. The Labute approximate surface area is 161 Å². The van der Waals surface area contributed by atoms with Gasteiger partial charge in [0, 0.05) is 38.4 Å². The number of hydrogen-bond donors (Lipinski definition) is 1. The molecule has 0 radical (unpaired) electrons. The Kier molecular flexibility index (Phi) is 6.22. The maximum absolute atomic E-state index is 12.5. The second kappa shape index (κ2) is 8.80. The molecule has 2 aromatic rings. The Morgan fingerprint density at radius 1 is 1.04 bits per heavy atom. The minimum Gasteiger partial charge on any atom is -0.491 e. The molecule has 3 rings (SSSR count). The van der Waals surface area contributed by atoms with Gasteiger partial charge in [-0.05, 0) is 56.2 Å². The second-order valence-electron chi connectivity index (χ2n) is 7.22. The van der Waals surface area contributed by atoms with E-state index in [0.717, 1.165) is 37.5 Å². The number of carbonyl (C=O) groups is 1. The molecule has 0 aromatic heterocycles. The van der Waals surface area contributed by atoms with Crippen LogP contribution in [0, 0.1) is 6.92 Å². The number of urea groups is 1. The zero-order valence-electron chi connectivity index (χ0n) is 16.4. The standard InChI is InChI=1S/C22H29N3O2/c1-17(2)27-21-10-8-20(9-11-21)24-12-14-25(15-13-24)22(26)23-16-19-7-5-4-6-18(19)3/h4-11,17H,12-16H2,1-3H3,(H,23,26). The fraction of sp³-hybridized carbons (Fsp3) is 0.409. The summed E-state index contributed by atoms with van der Waals surface area (Å²) in [6, 6.07) is 16.4. The third-order valence-electron chi connectivity index (χ3n) is 4.83. The van der Waals surface area contributed by atoms with Crippen molar-refractivity contribution in [2.45, 2.75) is 33.4 Å². The van der Waals surface area contributed by atoms with Gasteiger partial charge >= 0.3 is 6.03 Å². The number of rotatable bonds is 5.